The first-order valence-corrected chi connectivity index (χ1v) is 8.46. The third kappa shape index (κ3) is 3.70. The Bertz CT molecular complexity index is 747. The fourth-order valence-corrected chi connectivity index (χ4v) is 3.04. The number of aromatic nitrogens is 3. The number of allylic oxidation sites excluding steroid dienone is 1. The number of hydrogen-bond donors (Lipinski definition) is 1. The quantitative estimate of drug-likeness (QED) is 0.611. The van der Waals surface area contributed by atoms with Gasteiger partial charge >= 0.3 is 0 Å². The zero-order valence-electron chi connectivity index (χ0n) is 13.3. The van der Waals surface area contributed by atoms with Crippen LogP contribution >= 0.6 is 11.8 Å². The number of ether oxygens (including phenoxy) is 2. The highest BCUT2D eigenvalue weighted by Crippen LogP contribution is 2.34. The smallest absolute Gasteiger partial charge is 0.231 e. The molecule has 0 spiro atoms. The monoisotopic (exact) mass is 346 g/mol. The molecule has 7 nitrogen and oxygen atoms in total. The number of carbonyl (C=O) groups is 1. The molecule has 24 heavy (non-hydrogen) atoms. The molecule has 0 fully saturated rings. The summed E-state index contributed by atoms with van der Waals surface area (Å²) >= 11 is 1.34. The normalized spacial score (nSPS) is 13.5. The predicted molar refractivity (Wildman–Crippen MR) is 90.1 cm³/mol. The topological polar surface area (TPSA) is 78.3 Å². The number of carbonyl (C=O) groups excluding carboxylic acids is 1. The van der Waals surface area contributed by atoms with E-state index in [0.717, 1.165) is 11.3 Å². The molecule has 0 saturated heterocycles. The second-order valence-corrected chi connectivity index (χ2v) is 6.19. The van der Waals surface area contributed by atoms with Gasteiger partial charge in [0.15, 0.2) is 16.7 Å². The maximum absolute atomic E-state index is 12.2. The van der Waals surface area contributed by atoms with Crippen molar-refractivity contribution in [3.63, 3.8) is 0 Å². The summed E-state index contributed by atoms with van der Waals surface area (Å²) in [5.74, 6) is 1.64. The number of hydrogen-bond acceptors (Lipinski definition) is 6. The van der Waals surface area contributed by atoms with Crippen molar-refractivity contribution in [2.24, 2.45) is 0 Å². The molecule has 0 saturated carbocycles. The Labute approximate surface area is 144 Å². The minimum absolute atomic E-state index is 0.0710. The zero-order valence-corrected chi connectivity index (χ0v) is 14.1. The Balaban J connectivity index is 1.54. The zero-order chi connectivity index (χ0) is 16.9. The number of nitrogens with one attached hydrogen (secondary N) is 1. The van der Waals surface area contributed by atoms with Gasteiger partial charge in [-0.3, -0.25) is 4.79 Å². The molecule has 1 aromatic heterocycles. The van der Waals surface area contributed by atoms with Gasteiger partial charge in [0.1, 0.15) is 6.33 Å². The third-order valence-electron chi connectivity index (χ3n) is 3.51. The fourth-order valence-electron chi connectivity index (χ4n) is 2.30. The van der Waals surface area contributed by atoms with Crippen LogP contribution in [0.5, 0.6) is 11.5 Å². The molecule has 1 N–H and O–H groups in total. The summed E-state index contributed by atoms with van der Waals surface area (Å²) in [7, 11) is 0. The van der Waals surface area contributed by atoms with Crippen LogP contribution in [0.2, 0.25) is 0 Å². The lowest BCUT2D eigenvalue weighted by Crippen LogP contribution is -2.28. The van der Waals surface area contributed by atoms with Crippen molar-refractivity contribution in [2.45, 2.75) is 24.7 Å². The van der Waals surface area contributed by atoms with E-state index in [0.29, 0.717) is 17.5 Å². The maximum Gasteiger partial charge on any atom is 0.231 e. The number of nitrogens with zero attached hydrogens (tertiary/aromatic N) is 3. The Morgan fingerprint density at radius 2 is 2.33 bits per heavy atom. The van der Waals surface area contributed by atoms with Crippen molar-refractivity contribution in [1.82, 2.24) is 20.1 Å². The molecular weight excluding hydrogens is 328 g/mol. The van der Waals surface area contributed by atoms with Crippen LogP contribution in [0, 0.1) is 0 Å². The van der Waals surface area contributed by atoms with E-state index in [4.69, 9.17) is 9.47 Å². The number of benzene rings is 1. The Kier molecular flexibility index (Phi) is 5.05. The van der Waals surface area contributed by atoms with Crippen molar-refractivity contribution in [3.05, 3.63) is 42.7 Å². The van der Waals surface area contributed by atoms with Crippen LogP contribution in [-0.4, -0.2) is 33.2 Å². The average Bonchev–Trinajstić information content (AvgIpc) is 3.21. The van der Waals surface area contributed by atoms with E-state index < -0.39 is 0 Å². The second kappa shape index (κ2) is 7.39. The molecule has 1 amide bonds. The van der Waals surface area contributed by atoms with E-state index in [1.165, 1.54) is 11.8 Å². The predicted octanol–water partition coefficient (Wildman–Crippen LogP) is 2.16. The number of rotatable bonds is 7. The Morgan fingerprint density at radius 1 is 1.50 bits per heavy atom. The van der Waals surface area contributed by atoms with Gasteiger partial charge in [0.05, 0.1) is 11.8 Å². The van der Waals surface area contributed by atoms with Crippen LogP contribution in [-0.2, 0) is 11.3 Å². The molecule has 3 rings (SSSR count). The highest BCUT2D eigenvalue weighted by molar-refractivity contribution is 7.99. The van der Waals surface area contributed by atoms with Gasteiger partial charge in [-0.05, 0) is 24.6 Å². The first-order valence-electron chi connectivity index (χ1n) is 7.48. The molecule has 0 bridgehead atoms. The van der Waals surface area contributed by atoms with Crippen LogP contribution < -0.4 is 14.8 Å². The molecule has 1 aromatic carbocycles. The van der Waals surface area contributed by atoms with Crippen molar-refractivity contribution in [1.29, 1.82) is 0 Å². The van der Waals surface area contributed by atoms with Gasteiger partial charge in [0.2, 0.25) is 12.7 Å². The molecule has 1 atom stereocenters. The Hall–Kier alpha value is -2.48. The van der Waals surface area contributed by atoms with E-state index in [-0.39, 0.29) is 24.5 Å². The van der Waals surface area contributed by atoms with Crippen LogP contribution in [0.4, 0.5) is 0 Å². The van der Waals surface area contributed by atoms with Crippen LogP contribution in [0.25, 0.3) is 0 Å². The molecule has 0 unspecified atom stereocenters. The van der Waals surface area contributed by atoms with Gasteiger partial charge in [-0.2, -0.15) is 0 Å². The average molecular weight is 346 g/mol. The largest absolute Gasteiger partial charge is 0.454 e. The van der Waals surface area contributed by atoms with E-state index in [1.807, 2.05) is 29.7 Å². The summed E-state index contributed by atoms with van der Waals surface area (Å²) in [4.78, 5) is 12.2. The number of amides is 1. The van der Waals surface area contributed by atoms with Gasteiger partial charge in [0, 0.05) is 6.54 Å². The minimum Gasteiger partial charge on any atom is -0.454 e. The minimum atomic E-state index is -0.126. The molecular formula is C16H18N4O3S. The molecule has 0 radical (unpaired) electrons. The standard InChI is InChI=1S/C16H18N4O3S/c1-3-6-20-9-17-19-16(20)24-8-15(21)18-11(2)12-4-5-13-14(7-12)23-10-22-13/h3-5,7,9,11H,1,6,8,10H2,2H3,(H,18,21)/t11-/m0/s1. The molecule has 2 heterocycles. The van der Waals surface area contributed by atoms with Crippen molar-refractivity contribution >= 4 is 17.7 Å². The van der Waals surface area contributed by atoms with Crippen molar-refractivity contribution < 1.29 is 14.3 Å². The summed E-state index contributed by atoms with van der Waals surface area (Å²) in [6.45, 7) is 6.47. The van der Waals surface area contributed by atoms with Crippen molar-refractivity contribution in [3.8, 4) is 11.5 Å². The van der Waals surface area contributed by atoms with E-state index in [2.05, 4.69) is 22.1 Å². The van der Waals surface area contributed by atoms with Crippen LogP contribution in [0.3, 0.4) is 0 Å². The molecule has 1 aliphatic rings. The molecule has 1 aliphatic heterocycles. The van der Waals surface area contributed by atoms with Crippen molar-refractivity contribution in [2.75, 3.05) is 12.5 Å². The summed E-state index contributed by atoms with van der Waals surface area (Å²) in [5, 5.41) is 11.5. The van der Waals surface area contributed by atoms with E-state index in [9.17, 15) is 4.79 Å². The fraction of sp³-hybridized carbons (Fsp3) is 0.312. The van der Waals surface area contributed by atoms with E-state index >= 15 is 0 Å². The third-order valence-corrected chi connectivity index (χ3v) is 4.49. The molecule has 8 heteroatoms. The Morgan fingerprint density at radius 3 is 3.17 bits per heavy atom. The maximum atomic E-state index is 12.2. The highest BCUT2D eigenvalue weighted by Gasteiger charge is 2.17. The SMILES string of the molecule is C=CCn1cnnc1SCC(=O)N[C@@H](C)c1ccc2c(c1)OCO2. The molecule has 126 valence electrons. The second-order valence-electron chi connectivity index (χ2n) is 5.25. The van der Waals surface area contributed by atoms with Gasteiger partial charge < -0.3 is 19.4 Å². The first-order chi connectivity index (χ1) is 11.7. The van der Waals surface area contributed by atoms with Gasteiger partial charge in [-0.25, -0.2) is 0 Å². The highest BCUT2D eigenvalue weighted by atomic mass is 32.2. The summed E-state index contributed by atoms with van der Waals surface area (Å²) < 4.78 is 12.5. The lowest BCUT2D eigenvalue weighted by molar-refractivity contribution is -0.119. The summed E-state index contributed by atoms with van der Waals surface area (Å²) in [6.07, 6.45) is 3.38. The summed E-state index contributed by atoms with van der Waals surface area (Å²) in [6, 6.07) is 5.54. The lowest BCUT2D eigenvalue weighted by Gasteiger charge is -2.14. The van der Waals surface area contributed by atoms with Gasteiger partial charge in [-0.1, -0.05) is 23.9 Å². The lowest BCUT2D eigenvalue weighted by atomic mass is 10.1. The number of fused-ring (bicyclic) bond motifs is 1. The van der Waals surface area contributed by atoms with Crippen LogP contribution in [0.15, 0.2) is 42.3 Å². The van der Waals surface area contributed by atoms with Gasteiger partial charge in [0.25, 0.3) is 0 Å². The van der Waals surface area contributed by atoms with Crippen LogP contribution in [0.1, 0.15) is 18.5 Å². The summed E-state index contributed by atoms with van der Waals surface area (Å²) in [5.41, 5.74) is 0.965. The van der Waals surface area contributed by atoms with Gasteiger partial charge in [-0.15, -0.1) is 16.8 Å². The first kappa shape index (κ1) is 16.4. The number of thioether (sulfide) groups is 1. The van der Waals surface area contributed by atoms with E-state index in [1.54, 1.807) is 12.4 Å². The molecule has 2 aromatic rings. The molecule has 0 aliphatic carbocycles.